The van der Waals surface area contributed by atoms with Crippen LogP contribution in [0.2, 0.25) is 0 Å². The molecule has 0 saturated heterocycles. The van der Waals surface area contributed by atoms with Gasteiger partial charge in [0.25, 0.3) is 0 Å². The van der Waals surface area contributed by atoms with Gasteiger partial charge in [-0.15, -0.1) is 0 Å². The third-order valence-corrected chi connectivity index (χ3v) is 3.53. The molecule has 1 aromatic carbocycles. The van der Waals surface area contributed by atoms with Crippen LogP contribution in [0.25, 0.3) is 10.9 Å². The Morgan fingerprint density at radius 3 is 2.60 bits per heavy atom. The van der Waals surface area contributed by atoms with Crippen LogP contribution < -0.4 is 11.1 Å². The average Bonchev–Trinajstić information content (AvgIpc) is 3.15. The summed E-state index contributed by atoms with van der Waals surface area (Å²) in [5.74, 6) is -0.829. The highest BCUT2D eigenvalue weighted by molar-refractivity contribution is 5.98. The summed E-state index contributed by atoms with van der Waals surface area (Å²) in [6.07, 6.45) is -3.19. The van der Waals surface area contributed by atoms with Gasteiger partial charge in [0.1, 0.15) is 5.54 Å². The van der Waals surface area contributed by atoms with Crippen LogP contribution in [0, 0.1) is 5.82 Å². The first-order chi connectivity index (χ1) is 9.34. The summed E-state index contributed by atoms with van der Waals surface area (Å²) in [6.45, 7) is 0. The van der Waals surface area contributed by atoms with Crippen LogP contribution in [0.4, 0.5) is 28.9 Å². The zero-order valence-electron chi connectivity index (χ0n) is 10.3. The van der Waals surface area contributed by atoms with E-state index < -0.39 is 17.5 Å². The Morgan fingerprint density at radius 1 is 1.30 bits per heavy atom. The van der Waals surface area contributed by atoms with Gasteiger partial charge in [0.05, 0.1) is 11.2 Å². The van der Waals surface area contributed by atoms with Crippen molar-refractivity contribution >= 4 is 22.3 Å². The zero-order chi connectivity index (χ0) is 14.5. The normalized spacial score (nSPS) is 17.2. The van der Waals surface area contributed by atoms with Crippen molar-refractivity contribution < 1.29 is 17.6 Å². The lowest BCUT2D eigenvalue weighted by atomic mass is 10.1. The number of nitrogens with two attached hydrogens (primary N) is 1. The van der Waals surface area contributed by atoms with E-state index in [-0.39, 0.29) is 29.7 Å². The molecule has 2 aromatic rings. The number of rotatable bonds is 2. The number of nitrogens with zero attached hydrogens (tertiary/aromatic N) is 1. The fraction of sp³-hybridized carbons (Fsp3) is 0.308. The van der Waals surface area contributed by atoms with E-state index in [1.165, 1.54) is 6.20 Å². The molecule has 0 radical (unpaired) electrons. The van der Waals surface area contributed by atoms with Crippen LogP contribution in [-0.2, 0) is 0 Å². The van der Waals surface area contributed by atoms with Gasteiger partial charge in [0.15, 0.2) is 5.82 Å². The summed E-state index contributed by atoms with van der Waals surface area (Å²) in [6, 6.07) is 4.20. The lowest BCUT2D eigenvalue weighted by Gasteiger charge is -2.23. The SMILES string of the molecule is Nc1cc(F)c(NC2(C(F)(F)F)CC2)c2ncccc12. The molecule has 0 atom stereocenters. The van der Waals surface area contributed by atoms with Gasteiger partial charge in [-0.25, -0.2) is 4.39 Å². The topological polar surface area (TPSA) is 50.9 Å². The second-order valence-electron chi connectivity index (χ2n) is 4.93. The number of benzene rings is 1. The number of fused-ring (bicyclic) bond motifs is 1. The number of anilines is 2. The number of hydrogen-bond donors (Lipinski definition) is 2. The van der Waals surface area contributed by atoms with Gasteiger partial charge in [-0.2, -0.15) is 13.2 Å². The molecule has 20 heavy (non-hydrogen) atoms. The molecule has 0 spiro atoms. The van der Waals surface area contributed by atoms with Crippen LogP contribution >= 0.6 is 0 Å². The van der Waals surface area contributed by atoms with Crippen molar-refractivity contribution in [1.29, 1.82) is 0 Å². The third-order valence-electron chi connectivity index (χ3n) is 3.53. The molecule has 1 saturated carbocycles. The molecular formula is C13H11F4N3. The smallest absolute Gasteiger partial charge is 0.398 e. The predicted octanol–water partition coefficient (Wildman–Crippen LogP) is 3.46. The average molecular weight is 285 g/mol. The van der Waals surface area contributed by atoms with Crippen molar-refractivity contribution in [2.45, 2.75) is 24.6 Å². The molecule has 3 nitrogen and oxygen atoms in total. The maximum Gasteiger partial charge on any atom is 0.411 e. The van der Waals surface area contributed by atoms with E-state index in [1.54, 1.807) is 12.1 Å². The highest BCUT2D eigenvalue weighted by Gasteiger charge is 2.63. The van der Waals surface area contributed by atoms with Gasteiger partial charge >= 0.3 is 6.18 Å². The predicted molar refractivity (Wildman–Crippen MR) is 67.8 cm³/mol. The first kappa shape index (κ1) is 13.0. The maximum atomic E-state index is 14.0. The van der Waals surface area contributed by atoms with E-state index in [2.05, 4.69) is 10.3 Å². The van der Waals surface area contributed by atoms with E-state index in [1.807, 2.05) is 0 Å². The third kappa shape index (κ3) is 1.85. The minimum atomic E-state index is -4.43. The second kappa shape index (κ2) is 3.97. The van der Waals surface area contributed by atoms with Crippen molar-refractivity contribution in [2.75, 3.05) is 11.1 Å². The molecule has 1 aromatic heterocycles. The molecule has 1 aliphatic rings. The zero-order valence-corrected chi connectivity index (χ0v) is 10.3. The molecule has 3 N–H and O–H groups in total. The number of hydrogen-bond acceptors (Lipinski definition) is 3. The van der Waals surface area contributed by atoms with Crippen LogP contribution in [0.15, 0.2) is 24.4 Å². The summed E-state index contributed by atoms with van der Waals surface area (Å²) >= 11 is 0. The molecule has 3 rings (SSSR count). The molecular weight excluding hydrogens is 274 g/mol. The Balaban J connectivity index is 2.13. The standard InChI is InChI=1S/C13H11F4N3/c14-8-6-9(18)7-2-1-5-19-10(7)11(8)20-12(3-4-12)13(15,16)17/h1-2,5-6,20H,3-4,18H2. The van der Waals surface area contributed by atoms with E-state index in [4.69, 9.17) is 5.73 Å². The van der Waals surface area contributed by atoms with Crippen molar-refractivity contribution in [3.05, 3.63) is 30.2 Å². The number of nitrogen functional groups attached to an aromatic ring is 1. The summed E-state index contributed by atoms with van der Waals surface area (Å²) in [7, 11) is 0. The first-order valence-electron chi connectivity index (χ1n) is 6.02. The van der Waals surface area contributed by atoms with Crippen molar-refractivity contribution in [1.82, 2.24) is 4.98 Å². The summed E-state index contributed by atoms with van der Waals surface area (Å²) in [5.41, 5.74) is 3.63. The Morgan fingerprint density at radius 2 is 2.00 bits per heavy atom. The molecule has 0 aliphatic heterocycles. The van der Waals surface area contributed by atoms with Gasteiger partial charge < -0.3 is 11.1 Å². The van der Waals surface area contributed by atoms with Crippen LogP contribution in [0.1, 0.15) is 12.8 Å². The highest BCUT2D eigenvalue weighted by atomic mass is 19.4. The number of halogens is 4. The first-order valence-corrected chi connectivity index (χ1v) is 6.02. The number of nitrogens with one attached hydrogen (secondary N) is 1. The lowest BCUT2D eigenvalue weighted by Crippen LogP contribution is -2.39. The van der Waals surface area contributed by atoms with E-state index >= 15 is 0 Å². The van der Waals surface area contributed by atoms with Crippen LogP contribution in [0.3, 0.4) is 0 Å². The molecule has 0 bridgehead atoms. The molecule has 0 unspecified atom stereocenters. The fourth-order valence-corrected chi connectivity index (χ4v) is 2.20. The molecule has 106 valence electrons. The monoisotopic (exact) mass is 285 g/mol. The van der Waals surface area contributed by atoms with Gasteiger partial charge in [-0.05, 0) is 31.0 Å². The van der Waals surface area contributed by atoms with Crippen LogP contribution in [0.5, 0.6) is 0 Å². The Kier molecular flexibility index (Phi) is 2.57. The molecule has 1 aliphatic carbocycles. The van der Waals surface area contributed by atoms with Gasteiger partial charge in [-0.1, -0.05) is 0 Å². The lowest BCUT2D eigenvalue weighted by molar-refractivity contribution is -0.151. The van der Waals surface area contributed by atoms with Gasteiger partial charge in [0, 0.05) is 17.3 Å². The minimum Gasteiger partial charge on any atom is -0.398 e. The molecule has 1 heterocycles. The molecule has 0 amide bonds. The van der Waals surface area contributed by atoms with E-state index in [9.17, 15) is 17.6 Å². The van der Waals surface area contributed by atoms with Gasteiger partial charge in [0.2, 0.25) is 0 Å². The van der Waals surface area contributed by atoms with E-state index in [0.717, 1.165) is 6.07 Å². The Labute approximate surface area is 111 Å². The summed E-state index contributed by atoms with van der Waals surface area (Å²) in [4.78, 5) is 3.95. The minimum absolute atomic E-state index is 0.0748. The highest BCUT2D eigenvalue weighted by Crippen LogP contribution is 2.52. The van der Waals surface area contributed by atoms with Crippen LogP contribution in [-0.4, -0.2) is 16.7 Å². The Bertz CT molecular complexity index is 677. The maximum absolute atomic E-state index is 14.0. The van der Waals surface area contributed by atoms with Crippen molar-refractivity contribution in [2.24, 2.45) is 0 Å². The number of alkyl halides is 3. The largest absolute Gasteiger partial charge is 0.411 e. The molecule has 1 fully saturated rings. The van der Waals surface area contributed by atoms with Gasteiger partial charge in [-0.3, -0.25) is 4.98 Å². The summed E-state index contributed by atoms with van der Waals surface area (Å²) in [5, 5.41) is 2.72. The number of aromatic nitrogens is 1. The quantitative estimate of drug-likeness (QED) is 0.656. The number of pyridine rings is 1. The molecule has 7 heteroatoms. The fourth-order valence-electron chi connectivity index (χ4n) is 2.20. The van der Waals surface area contributed by atoms with Crippen molar-refractivity contribution in [3.8, 4) is 0 Å². The Hall–Kier alpha value is -2.05. The van der Waals surface area contributed by atoms with Crippen molar-refractivity contribution in [3.63, 3.8) is 0 Å². The second-order valence-corrected chi connectivity index (χ2v) is 4.93. The van der Waals surface area contributed by atoms with E-state index in [0.29, 0.717) is 5.39 Å². The summed E-state index contributed by atoms with van der Waals surface area (Å²) < 4.78 is 52.9.